The number of carbonyl (C=O) groups excluding carboxylic acids is 2. The number of hydrogen-bond acceptors (Lipinski definition) is 6. The molecule has 1 saturated heterocycles. The fourth-order valence-electron chi connectivity index (χ4n) is 3.86. The van der Waals surface area contributed by atoms with Gasteiger partial charge < -0.3 is 10.5 Å². The molecule has 0 saturated carbocycles. The zero-order valence-corrected chi connectivity index (χ0v) is 19.3. The van der Waals surface area contributed by atoms with E-state index in [4.69, 9.17) is 21.0 Å². The van der Waals surface area contributed by atoms with E-state index in [1.165, 1.54) is 11.0 Å². The molecule has 6 N–H and O–H groups in total. The lowest BCUT2D eigenvalue weighted by atomic mass is 10.1. The molecular weight excluding hydrogens is 470 g/mol. The third-order valence-electron chi connectivity index (χ3n) is 5.48. The lowest BCUT2D eigenvalue weighted by Gasteiger charge is -2.25. The second kappa shape index (κ2) is 9.57. The molecule has 0 bridgehead atoms. The second-order valence-corrected chi connectivity index (χ2v) is 9.40. The van der Waals surface area contributed by atoms with Crippen molar-refractivity contribution in [1.82, 2.24) is 0 Å². The average molecular weight is 494 g/mol. The summed E-state index contributed by atoms with van der Waals surface area (Å²) in [6, 6.07) is 19.5. The van der Waals surface area contributed by atoms with Crippen LogP contribution >= 0.6 is 0 Å². The molecule has 3 aromatic carbocycles. The van der Waals surface area contributed by atoms with Gasteiger partial charge in [0.2, 0.25) is 15.9 Å². The summed E-state index contributed by atoms with van der Waals surface area (Å²) in [5.74, 6) is -0.342. The minimum Gasteiger partial charge on any atom is -0.425 e. The summed E-state index contributed by atoms with van der Waals surface area (Å²) in [6.07, 6.45) is -1.04. The lowest BCUT2D eigenvalue weighted by molar-refractivity contribution is -0.117. The number of rotatable bonds is 6. The number of amidine groups is 1. The lowest BCUT2D eigenvalue weighted by Crippen LogP contribution is -2.37. The molecule has 3 aromatic rings. The first-order valence-corrected chi connectivity index (χ1v) is 12.1. The number of primary sulfonamides is 1. The van der Waals surface area contributed by atoms with Gasteiger partial charge in [-0.05, 0) is 35.9 Å². The van der Waals surface area contributed by atoms with Crippen LogP contribution in [0.4, 0.5) is 16.2 Å². The fraction of sp³-hybridized carbons (Fsp3) is 0.125. The van der Waals surface area contributed by atoms with Gasteiger partial charge in [0.05, 0.1) is 4.90 Å². The van der Waals surface area contributed by atoms with Gasteiger partial charge in [-0.3, -0.25) is 20.4 Å². The van der Waals surface area contributed by atoms with Crippen LogP contribution < -0.4 is 21.1 Å². The highest BCUT2D eigenvalue weighted by Gasteiger charge is 2.35. The molecule has 0 radical (unpaired) electrons. The molecule has 180 valence electrons. The molecule has 0 aliphatic carbocycles. The summed E-state index contributed by atoms with van der Waals surface area (Å²) >= 11 is 0. The van der Waals surface area contributed by atoms with E-state index in [-0.39, 0.29) is 23.1 Å². The van der Waals surface area contributed by atoms with Gasteiger partial charge in [0, 0.05) is 35.3 Å². The van der Waals surface area contributed by atoms with Gasteiger partial charge in [-0.2, -0.15) is 0 Å². The number of anilines is 2. The van der Waals surface area contributed by atoms with E-state index >= 15 is 0 Å². The molecule has 1 heterocycles. The first-order valence-electron chi connectivity index (χ1n) is 10.6. The molecule has 4 rings (SSSR count). The molecular formula is C24H23N5O5S. The number of benzene rings is 3. The molecule has 0 aromatic heterocycles. The van der Waals surface area contributed by atoms with E-state index in [1.54, 1.807) is 66.7 Å². The molecule has 10 nitrogen and oxygen atoms in total. The normalized spacial score (nSPS) is 15.6. The summed E-state index contributed by atoms with van der Waals surface area (Å²) in [7, 11) is -3.91. The number of nitrogens with zero attached hydrogens (tertiary/aromatic N) is 1. The van der Waals surface area contributed by atoms with Gasteiger partial charge >= 0.3 is 6.09 Å². The quantitative estimate of drug-likeness (QED) is 0.304. The van der Waals surface area contributed by atoms with Crippen molar-refractivity contribution in [2.24, 2.45) is 10.9 Å². The number of amides is 2. The van der Waals surface area contributed by atoms with Crippen molar-refractivity contribution in [2.45, 2.75) is 24.0 Å². The van der Waals surface area contributed by atoms with Crippen LogP contribution in [-0.4, -0.2) is 32.5 Å². The van der Waals surface area contributed by atoms with Crippen molar-refractivity contribution in [3.63, 3.8) is 0 Å². The highest BCUT2D eigenvalue weighted by atomic mass is 32.2. The Balaban J connectivity index is 1.47. The summed E-state index contributed by atoms with van der Waals surface area (Å²) in [5.41, 5.74) is 7.94. The van der Waals surface area contributed by atoms with Crippen molar-refractivity contribution in [3.8, 4) is 11.1 Å². The smallest absolute Gasteiger partial charge is 0.413 e. The Bertz CT molecular complexity index is 1410. The summed E-state index contributed by atoms with van der Waals surface area (Å²) in [4.78, 5) is 26.4. The van der Waals surface area contributed by atoms with Crippen molar-refractivity contribution in [1.29, 1.82) is 5.41 Å². The maximum absolute atomic E-state index is 12.5. The minimum absolute atomic E-state index is 0.0000432. The first-order chi connectivity index (χ1) is 16.6. The molecule has 1 fully saturated rings. The van der Waals surface area contributed by atoms with E-state index in [9.17, 15) is 18.0 Å². The van der Waals surface area contributed by atoms with E-state index < -0.39 is 22.3 Å². The van der Waals surface area contributed by atoms with Crippen LogP contribution in [0, 0.1) is 5.41 Å². The monoisotopic (exact) mass is 493 g/mol. The van der Waals surface area contributed by atoms with Crippen molar-refractivity contribution in [3.05, 3.63) is 78.4 Å². The van der Waals surface area contributed by atoms with Gasteiger partial charge in [-0.1, -0.05) is 42.5 Å². The van der Waals surface area contributed by atoms with Gasteiger partial charge in [-0.25, -0.2) is 18.4 Å². The van der Waals surface area contributed by atoms with Gasteiger partial charge in [0.1, 0.15) is 5.84 Å². The highest BCUT2D eigenvalue weighted by Crippen LogP contribution is 2.30. The summed E-state index contributed by atoms with van der Waals surface area (Å²) < 4.78 is 29.2. The van der Waals surface area contributed by atoms with Crippen LogP contribution in [0.3, 0.4) is 0 Å². The third kappa shape index (κ3) is 5.31. The van der Waals surface area contributed by atoms with E-state index in [0.29, 0.717) is 34.5 Å². The molecule has 1 aliphatic heterocycles. The van der Waals surface area contributed by atoms with Crippen LogP contribution in [0.15, 0.2) is 77.7 Å². The molecule has 0 spiro atoms. The Labute approximate surface area is 202 Å². The second-order valence-electron chi connectivity index (χ2n) is 7.87. The zero-order chi connectivity index (χ0) is 25.2. The minimum atomic E-state index is -3.91. The Morgan fingerprint density at radius 2 is 1.77 bits per heavy atom. The number of carbonyl (C=O) groups is 2. The summed E-state index contributed by atoms with van der Waals surface area (Å²) in [6.45, 7) is 0. The maximum atomic E-state index is 12.5. The van der Waals surface area contributed by atoms with Crippen LogP contribution in [0.25, 0.3) is 11.1 Å². The van der Waals surface area contributed by atoms with Crippen LogP contribution in [0.5, 0.6) is 0 Å². The van der Waals surface area contributed by atoms with E-state index in [2.05, 4.69) is 5.32 Å². The predicted molar refractivity (Wildman–Crippen MR) is 131 cm³/mol. The van der Waals surface area contributed by atoms with Crippen LogP contribution in [0.1, 0.15) is 18.4 Å². The average Bonchev–Trinajstić information content (AvgIpc) is 3.18. The predicted octanol–water partition coefficient (Wildman–Crippen LogP) is 2.99. The summed E-state index contributed by atoms with van der Waals surface area (Å²) in [5, 5.41) is 15.5. The van der Waals surface area contributed by atoms with E-state index in [1.807, 2.05) is 0 Å². The Kier molecular flexibility index (Phi) is 6.54. The van der Waals surface area contributed by atoms with Crippen LogP contribution in [0.2, 0.25) is 0 Å². The molecule has 1 aliphatic rings. The molecule has 11 heteroatoms. The Hall–Kier alpha value is -4.22. The Morgan fingerprint density at radius 3 is 2.46 bits per heavy atom. The molecule has 2 amide bonds. The topological polar surface area (TPSA) is 169 Å². The number of ether oxygens (including phenoxy) is 1. The van der Waals surface area contributed by atoms with Gasteiger partial charge in [0.25, 0.3) is 0 Å². The zero-order valence-electron chi connectivity index (χ0n) is 18.5. The largest absolute Gasteiger partial charge is 0.425 e. The molecule has 35 heavy (non-hydrogen) atoms. The Morgan fingerprint density at radius 1 is 1.06 bits per heavy atom. The molecule has 1 unspecified atom stereocenters. The molecule has 1 atom stereocenters. The highest BCUT2D eigenvalue weighted by molar-refractivity contribution is 7.89. The van der Waals surface area contributed by atoms with Crippen LogP contribution in [-0.2, 0) is 19.6 Å². The van der Waals surface area contributed by atoms with Crippen molar-refractivity contribution in [2.75, 3.05) is 10.2 Å². The van der Waals surface area contributed by atoms with E-state index in [0.717, 1.165) is 0 Å². The van der Waals surface area contributed by atoms with Crippen molar-refractivity contribution >= 4 is 39.2 Å². The van der Waals surface area contributed by atoms with Crippen molar-refractivity contribution < 1.29 is 22.7 Å². The number of nitrogens with two attached hydrogens (primary N) is 2. The maximum Gasteiger partial charge on any atom is 0.413 e. The fourth-order valence-corrected chi connectivity index (χ4v) is 4.62. The number of hydrogen-bond donors (Lipinski definition) is 4. The van der Waals surface area contributed by atoms with Gasteiger partial charge in [-0.15, -0.1) is 0 Å². The number of nitrogen functional groups attached to an aromatic ring is 1. The third-order valence-corrected chi connectivity index (χ3v) is 6.45. The van der Waals surface area contributed by atoms with Gasteiger partial charge in [0.15, 0.2) is 6.23 Å². The number of nitrogens with one attached hydrogen (secondary N) is 2. The SMILES string of the molecule is N=C(N)c1cccc(N2C(=O)CCC2OC(=O)Nc2ccc(-c3ccccc3S(N)(=O)=O)cc2)c1. The first kappa shape index (κ1) is 23.9. The standard InChI is InChI=1S/C24H23N5O5S/c25-23(26)16-4-3-5-18(14-16)29-21(30)12-13-22(29)34-24(31)28-17-10-8-15(9-11-17)19-6-1-2-7-20(19)35(27,32)33/h1-11,14,22H,12-13H2,(H3,25,26)(H,28,31)(H2,27,32,33). The number of sulfonamides is 1.